The molecule has 41 heavy (non-hydrogen) atoms. The number of aliphatic hydroxyl groups is 1. The lowest BCUT2D eigenvalue weighted by atomic mass is 9.79. The van der Waals surface area contributed by atoms with Crippen LogP contribution in [0.4, 0.5) is 0 Å². The Kier molecular flexibility index (Phi) is 8.60. The van der Waals surface area contributed by atoms with Gasteiger partial charge in [0.2, 0.25) is 0 Å². The Bertz CT molecular complexity index is 1590. The number of carbonyl (C=O) groups is 1. The molecule has 1 aliphatic carbocycles. The predicted octanol–water partition coefficient (Wildman–Crippen LogP) is 8.56. The number of benzene rings is 3. The van der Waals surface area contributed by atoms with Gasteiger partial charge in [0.25, 0.3) is 0 Å². The minimum Gasteiger partial charge on any atom is -0.481 e. The molecule has 0 radical (unpaired) electrons. The number of rotatable bonds is 11. The van der Waals surface area contributed by atoms with Gasteiger partial charge < -0.3 is 10.2 Å². The Morgan fingerprint density at radius 3 is 2.54 bits per heavy atom. The van der Waals surface area contributed by atoms with Crippen molar-refractivity contribution in [2.45, 2.75) is 62.7 Å². The Hall–Kier alpha value is -3.12. The number of aryl methyl sites for hydroxylation is 1. The second-order valence-corrected chi connectivity index (χ2v) is 12.8. The lowest BCUT2D eigenvalue weighted by Crippen LogP contribution is -2.27. The summed E-state index contributed by atoms with van der Waals surface area (Å²) in [6.07, 6.45) is 7.50. The normalized spacial score (nSPS) is 16.1. The number of nitrogens with zero attached hydrogens (tertiary/aromatic N) is 1. The quantitative estimate of drug-likeness (QED) is 0.154. The zero-order valence-electron chi connectivity index (χ0n) is 23.4. The molecule has 212 valence electrons. The van der Waals surface area contributed by atoms with Gasteiger partial charge in [-0.2, -0.15) is 12.6 Å². The first kappa shape index (κ1) is 29.4. The van der Waals surface area contributed by atoms with Crippen molar-refractivity contribution >= 4 is 53.3 Å². The van der Waals surface area contributed by atoms with E-state index in [1.165, 1.54) is 0 Å². The zero-order chi connectivity index (χ0) is 29.2. The maximum atomic E-state index is 11.7. The van der Waals surface area contributed by atoms with E-state index in [1.807, 2.05) is 68.5 Å². The number of hydrogen-bond acceptors (Lipinski definition) is 4. The summed E-state index contributed by atoms with van der Waals surface area (Å²) in [6, 6.07) is 26.2. The van der Waals surface area contributed by atoms with E-state index in [9.17, 15) is 15.0 Å². The Morgan fingerprint density at radius 2 is 1.80 bits per heavy atom. The molecule has 4 nitrogen and oxygen atoms in total. The number of carboxylic acid groups (broad SMARTS) is 1. The van der Waals surface area contributed by atoms with Crippen LogP contribution < -0.4 is 0 Å². The van der Waals surface area contributed by atoms with Crippen LogP contribution in [0.1, 0.15) is 73.4 Å². The van der Waals surface area contributed by atoms with Crippen LogP contribution in [-0.2, 0) is 16.8 Å². The molecule has 0 spiro atoms. The van der Waals surface area contributed by atoms with E-state index < -0.39 is 11.6 Å². The van der Waals surface area contributed by atoms with Crippen LogP contribution in [-0.4, -0.2) is 26.4 Å². The van der Waals surface area contributed by atoms with Gasteiger partial charge in [0.15, 0.2) is 0 Å². The third-order valence-electron chi connectivity index (χ3n) is 8.27. The fraction of sp³-hybridized carbons (Fsp3) is 0.314. The van der Waals surface area contributed by atoms with Gasteiger partial charge in [-0.05, 0) is 97.4 Å². The predicted molar refractivity (Wildman–Crippen MR) is 172 cm³/mol. The summed E-state index contributed by atoms with van der Waals surface area (Å²) in [4.78, 5) is 16.5. The minimum atomic E-state index is -0.944. The third-order valence-corrected chi connectivity index (χ3v) is 9.41. The number of halogens is 1. The van der Waals surface area contributed by atoms with Crippen LogP contribution >= 0.6 is 24.2 Å². The van der Waals surface area contributed by atoms with Gasteiger partial charge in [-0.15, -0.1) is 0 Å². The molecule has 0 saturated heterocycles. The third kappa shape index (κ3) is 7.03. The topological polar surface area (TPSA) is 70.4 Å². The number of pyridine rings is 1. The smallest absolute Gasteiger partial charge is 0.303 e. The van der Waals surface area contributed by atoms with E-state index in [4.69, 9.17) is 29.2 Å². The van der Waals surface area contributed by atoms with Gasteiger partial charge in [0.1, 0.15) is 0 Å². The second-order valence-electron chi connectivity index (χ2n) is 11.8. The van der Waals surface area contributed by atoms with E-state index in [1.54, 1.807) is 0 Å². The average Bonchev–Trinajstić information content (AvgIpc) is 3.71. The van der Waals surface area contributed by atoms with E-state index in [-0.39, 0.29) is 23.0 Å². The standard InChI is InChI=1S/C35H36ClNO3S/c1-34(2,40)30-9-4-3-7-24(30)13-17-29(33(41)35(18-19-35)22-32(38)39)26-8-5-6-23(20-26)10-15-28-16-12-25-11-14-27(36)21-31(25)37-28/h3-12,14-16,20-21,29,33,40-41H,13,17-19,22H2,1-2H3,(H,38,39)/b15-10+. The molecule has 1 aliphatic rings. The Labute approximate surface area is 252 Å². The van der Waals surface area contributed by atoms with E-state index in [0.717, 1.165) is 64.5 Å². The molecule has 4 aromatic rings. The highest BCUT2D eigenvalue weighted by Gasteiger charge is 2.51. The number of fused-ring (bicyclic) bond motifs is 1. The van der Waals surface area contributed by atoms with Crippen LogP contribution in [0.2, 0.25) is 5.02 Å². The molecule has 0 bridgehead atoms. The summed E-state index contributed by atoms with van der Waals surface area (Å²) in [5, 5.41) is 22.0. The first-order chi connectivity index (χ1) is 19.5. The summed E-state index contributed by atoms with van der Waals surface area (Å²) in [5.74, 6) is -0.724. The maximum absolute atomic E-state index is 11.7. The molecule has 5 rings (SSSR count). The molecule has 1 saturated carbocycles. The highest BCUT2D eigenvalue weighted by molar-refractivity contribution is 7.81. The molecular formula is C35H36ClNO3S. The van der Waals surface area contributed by atoms with Gasteiger partial charge >= 0.3 is 5.97 Å². The van der Waals surface area contributed by atoms with Gasteiger partial charge in [-0.1, -0.05) is 78.3 Å². The lowest BCUT2D eigenvalue weighted by molar-refractivity contribution is -0.138. The van der Waals surface area contributed by atoms with E-state index >= 15 is 0 Å². The van der Waals surface area contributed by atoms with Crippen molar-refractivity contribution in [3.8, 4) is 0 Å². The van der Waals surface area contributed by atoms with Crippen LogP contribution in [0.25, 0.3) is 23.1 Å². The van der Waals surface area contributed by atoms with Gasteiger partial charge in [-0.25, -0.2) is 4.98 Å². The summed E-state index contributed by atoms with van der Waals surface area (Å²) in [6.45, 7) is 3.62. The fourth-order valence-corrected chi connectivity index (χ4v) is 6.73. The lowest BCUT2D eigenvalue weighted by Gasteiger charge is -2.31. The number of thiol groups is 1. The zero-order valence-corrected chi connectivity index (χ0v) is 25.1. The van der Waals surface area contributed by atoms with E-state index in [0.29, 0.717) is 5.02 Å². The highest BCUT2D eigenvalue weighted by Crippen LogP contribution is 2.58. The van der Waals surface area contributed by atoms with Gasteiger partial charge in [0, 0.05) is 15.7 Å². The Morgan fingerprint density at radius 1 is 1.05 bits per heavy atom. The molecule has 1 aromatic heterocycles. The van der Waals surface area contributed by atoms with Crippen molar-refractivity contribution in [2.75, 3.05) is 0 Å². The second kappa shape index (κ2) is 12.0. The minimum absolute atomic E-state index is 0.0457. The summed E-state index contributed by atoms with van der Waals surface area (Å²) in [7, 11) is 0. The van der Waals surface area contributed by atoms with Crippen LogP contribution in [0, 0.1) is 5.41 Å². The molecular weight excluding hydrogens is 550 g/mol. The number of aliphatic carboxylic acids is 1. The Balaban J connectivity index is 1.43. The maximum Gasteiger partial charge on any atom is 0.303 e. The summed E-state index contributed by atoms with van der Waals surface area (Å²) < 4.78 is 0. The van der Waals surface area contributed by atoms with Crippen molar-refractivity contribution in [3.05, 3.63) is 112 Å². The number of aromatic nitrogens is 1. The van der Waals surface area contributed by atoms with Crippen molar-refractivity contribution in [1.29, 1.82) is 0 Å². The molecule has 2 atom stereocenters. The summed E-state index contributed by atoms with van der Waals surface area (Å²) >= 11 is 11.3. The van der Waals surface area contributed by atoms with Gasteiger partial charge in [0.05, 0.1) is 23.2 Å². The first-order valence-electron chi connectivity index (χ1n) is 14.1. The molecule has 1 fully saturated rings. The number of carboxylic acids is 1. The van der Waals surface area contributed by atoms with Crippen molar-refractivity contribution in [2.24, 2.45) is 5.41 Å². The van der Waals surface area contributed by atoms with Crippen molar-refractivity contribution in [3.63, 3.8) is 0 Å². The molecule has 1 heterocycles. The largest absolute Gasteiger partial charge is 0.481 e. The fourth-order valence-electron chi connectivity index (χ4n) is 5.89. The van der Waals surface area contributed by atoms with E-state index in [2.05, 4.69) is 36.4 Å². The first-order valence-corrected chi connectivity index (χ1v) is 15.0. The van der Waals surface area contributed by atoms with Crippen molar-refractivity contribution < 1.29 is 15.0 Å². The molecule has 2 N–H and O–H groups in total. The molecule has 0 aliphatic heterocycles. The van der Waals surface area contributed by atoms with Crippen LogP contribution in [0.15, 0.2) is 78.9 Å². The monoisotopic (exact) mass is 585 g/mol. The molecule has 2 unspecified atom stereocenters. The number of hydrogen-bond donors (Lipinski definition) is 3. The van der Waals surface area contributed by atoms with Crippen LogP contribution in [0.5, 0.6) is 0 Å². The molecule has 6 heteroatoms. The van der Waals surface area contributed by atoms with Crippen molar-refractivity contribution in [1.82, 2.24) is 4.98 Å². The summed E-state index contributed by atoms with van der Waals surface area (Å²) in [5.41, 5.74) is 4.66. The SMILES string of the molecule is CC(C)(O)c1ccccc1CCC(c1cccc(/C=C/c2ccc3ccc(Cl)cc3n2)c1)C(S)C1(CC(=O)O)CC1. The molecule has 0 amide bonds. The van der Waals surface area contributed by atoms with Gasteiger partial charge in [-0.3, -0.25) is 4.79 Å². The highest BCUT2D eigenvalue weighted by atomic mass is 35.5. The average molecular weight is 586 g/mol. The van der Waals surface area contributed by atoms with Crippen LogP contribution in [0.3, 0.4) is 0 Å². The molecule has 3 aromatic carbocycles.